The Morgan fingerprint density at radius 1 is 1.35 bits per heavy atom. The van der Waals surface area contributed by atoms with E-state index >= 15 is 0 Å². The van der Waals surface area contributed by atoms with E-state index in [4.69, 9.17) is 4.42 Å². The van der Waals surface area contributed by atoms with Crippen LogP contribution in [0.4, 0.5) is 5.82 Å². The van der Waals surface area contributed by atoms with Crippen LogP contribution >= 0.6 is 0 Å². The van der Waals surface area contributed by atoms with Crippen molar-refractivity contribution in [2.75, 3.05) is 18.9 Å². The topological polar surface area (TPSA) is 97.9 Å². The van der Waals surface area contributed by atoms with Crippen molar-refractivity contribution >= 4 is 11.7 Å². The fraction of sp³-hybridized carbons (Fsp3) is 0.200. The third-order valence-electron chi connectivity index (χ3n) is 3.02. The van der Waals surface area contributed by atoms with E-state index < -0.39 is 0 Å². The number of anilines is 1. The number of carbonyl (C=O) groups excluding carboxylic acids is 1. The van der Waals surface area contributed by atoms with Crippen LogP contribution in [-0.4, -0.2) is 39.2 Å². The zero-order chi connectivity index (χ0) is 16.2. The molecule has 1 amide bonds. The normalized spacial score (nSPS) is 10.7. The van der Waals surface area contributed by atoms with Crippen LogP contribution in [0.5, 0.6) is 0 Å². The first-order valence-corrected chi connectivity index (χ1v) is 7.06. The summed E-state index contributed by atoms with van der Waals surface area (Å²) >= 11 is 0. The largest absolute Gasteiger partial charge is 0.458 e. The average molecular weight is 312 g/mol. The first kappa shape index (κ1) is 14.9. The molecule has 0 aromatic carbocycles. The predicted octanol–water partition coefficient (Wildman–Crippen LogP) is 1.39. The van der Waals surface area contributed by atoms with E-state index in [-0.39, 0.29) is 12.5 Å². The predicted molar refractivity (Wildman–Crippen MR) is 84.1 cm³/mol. The summed E-state index contributed by atoms with van der Waals surface area (Å²) in [6.07, 6.45) is 3.41. The highest BCUT2D eigenvalue weighted by molar-refractivity contribution is 5.91. The van der Waals surface area contributed by atoms with Gasteiger partial charge in [-0.05, 0) is 32.2 Å². The Morgan fingerprint density at radius 2 is 2.22 bits per heavy atom. The lowest BCUT2D eigenvalue weighted by atomic mass is 10.4. The molecule has 0 bridgehead atoms. The number of likely N-dealkylation sites (N-methyl/N-ethyl adjacent to an activating group) is 1. The molecule has 0 aliphatic heterocycles. The monoisotopic (exact) mass is 312 g/mol. The van der Waals surface area contributed by atoms with E-state index in [1.165, 1.54) is 0 Å². The van der Waals surface area contributed by atoms with Crippen molar-refractivity contribution in [3.63, 3.8) is 0 Å². The molecule has 3 aromatic heterocycles. The van der Waals surface area contributed by atoms with Crippen LogP contribution in [0.2, 0.25) is 0 Å². The summed E-state index contributed by atoms with van der Waals surface area (Å²) in [5.41, 5.74) is 0. The molecule has 23 heavy (non-hydrogen) atoms. The molecule has 0 aliphatic rings. The minimum absolute atomic E-state index is 0.191. The summed E-state index contributed by atoms with van der Waals surface area (Å²) in [6.45, 7) is 2.03. The molecule has 0 radical (unpaired) electrons. The van der Waals surface area contributed by atoms with Crippen LogP contribution in [0.15, 0.2) is 41.1 Å². The Kier molecular flexibility index (Phi) is 4.15. The Hall–Kier alpha value is -3.00. The minimum atomic E-state index is -0.195. The second-order valence-corrected chi connectivity index (χ2v) is 4.87. The second-order valence-electron chi connectivity index (χ2n) is 4.87. The summed E-state index contributed by atoms with van der Waals surface area (Å²) in [4.78, 5) is 20.6. The number of rotatable bonds is 5. The lowest BCUT2D eigenvalue weighted by Gasteiger charge is -2.08. The second kappa shape index (κ2) is 6.41. The van der Waals surface area contributed by atoms with Gasteiger partial charge >= 0.3 is 0 Å². The number of nitrogens with one attached hydrogen (secondary N) is 2. The van der Waals surface area contributed by atoms with Gasteiger partial charge < -0.3 is 15.1 Å². The molecular weight excluding hydrogens is 296 g/mol. The maximum absolute atomic E-state index is 11.8. The van der Waals surface area contributed by atoms with Crippen LogP contribution in [0.3, 0.4) is 0 Å². The van der Waals surface area contributed by atoms with Gasteiger partial charge in [0.25, 0.3) is 0 Å². The number of nitrogens with zero attached hydrogens (tertiary/aromatic N) is 4. The highest BCUT2D eigenvalue weighted by Gasteiger charge is 2.13. The first-order valence-electron chi connectivity index (χ1n) is 7.06. The molecule has 2 N–H and O–H groups in total. The van der Waals surface area contributed by atoms with Gasteiger partial charge in [0, 0.05) is 18.5 Å². The Labute approximate surface area is 132 Å². The van der Waals surface area contributed by atoms with Gasteiger partial charge in [0.15, 0.2) is 17.4 Å². The number of furan rings is 1. The number of hydrogen-bond acceptors (Lipinski definition) is 6. The molecule has 0 saturated carbocycles. The highest BCUT2D eigenvalue weighted by atomic mass is 16.3. The van der Waals surface area contributed by atoms with Gasteiger partial charge in [-0.1, -0.05) is 0 Å². The van der Waals surface area contributed by atoms with E-state index in [1.54, 1.807) is 42.3 Å². The van der Waals surface area contributed by atoms with Crippen LogP contribution in [-0.2, 0) is 4.79 Å². The van der Waals surface area contributed by atoms with Crippen LogP contribution in [0.1, 0.15) is 5.76 Å². The molecular formula is C15H16N6O2. The van der Waals surface area contributed by atoms with Crippen LogP contribution in [0.25, 0.3) is 17.4 Å². The van der Waals surface area contributed by atoms with Crippen molar-refractivity contribution in [2.45, 2.75) is 6.92 Å². The summed E-state index contributed by atoms with van der Waals surface area (Å²) in [5.74, 6) is 2.39. The van der Waals surface area contributed by atoms with Crippen molar-refractivity contribution in [1.82, 2.24) is 25.1 Å². The Bertz CT molecular complexity index is 809. The molecule has 0 spiro atoms. The zero-order valence-electron chi connectivity index (χ0n) is 12.8. The fourth-order valence-electron chi connectivity index (χ4n) is 2.03. The smallest absolute Gasteiger partial charge is 0.239 e. The molecule has 118 valence electrons. The molecule has 0 unspecified atom stereocenters. The summed E-state index contributed by atoms with van der Waals surface area (Å²) in [7, 11) is 1.70. The molecule has 0 atom stereocenters. The molecule has 3 aromatic rings. The van der Waals surface area contributed by atoms with Gasteiger partial charge in [-0.25, -0.2) is 14.6 Å². The van der Waals surface area contributed by atoms with E-state index in [0.29, 0.717) is 23.2 Å². The number of aryl methyl sites for hydroxylation is 1. The van der Waals surface area contributed by atoms with Crippen molar-refractivity contribution in [3.05, 3.63) is 42.4 Å². The van der Waals surface area contributed by atoms with Gasteiger partial charge in [-0.2, -0.15) is 5.10 Å². The van der Waals surface area contributed by atoms with Gasteiger partial charge in [0.2, 0.25) is 5.91 Å². The van der Waals surface area contributed by atoms with E-state index in [0.717, 1.165) is 5.76 Å². The highest BCUT2D eigenvalue weighted by Crippen LogP contribution is 2.21. The SMILES string of the molecule is CNCC(=O)Nc1cc(-n2cccn2)nc(-c2ccc(C)o2)n1. The maximum Gasteiger partial charge on any atom is 0.239 e. The van der Waals surface area contributed by atoms with Crippen molar-refractivity contribution in [1.29, 1.82) is 0 Å². The van der Waals surface area contributed by atoms with Gasteiger partial charge in [0.1, 0.15) is 11.6 Å². The molecule has 3 heterocycles. The molecule has 8 heteroatoms. The molecule has 8 nitrogen and oxygen atoms in total. The molecule has 0 saturated heterocycles. The van der Waals surface area contributed by atoms with Crippen molar-refractivity contribution in [2.24, 2.45) is 0 Å². The van der Waals surface area contributed by atoms with Gasteiger partial charge in [-0.3, -0.25) is 4.79 Å². The zero-order valence-corrected chi connectivity index (χ0v) is 12.8. The molecule has 3 rings (SSSR count). The fourth-order valence-corrected chi connectivity index (χ4v) is 2.03. The summed E-state index contributed by atoms with van der Waals surface area (Å²) < 4.78 is 7.16. The Morgan fingerprint density at radius 3 is 2.87 bits per heavy atom. The first-order chi connectivity index (χ1) is 11.2. The van der Waals surface area contributed by atoms with Crippen LogP contribution < -0.4 is 10.6 Å². The average Bonchev–Trinajstić information content (AvgIpc) is 3.18. The third-order valence-corrected chi connectivity index (χ3v) is 3.02. The van der Waals surface area contributed by atoms with Crippen molar-refractivity contribution < 1.29 is 9.21 Å². The summed E-state index contributed by atoms with van der Waals surface area (Å²) in [5, 5.41) is 9.67. The molecule has 0 aliphatic carbocycles. The van der Waals surface area contributed by atoms with E-state index in [1.807, 2.05) is 13.0 Å². The maximum atomic E-state index is 11.8. The van der Waals surface area contributed by atoms with Crippen molar-refractivity contribution in [3.8, 4) is 17.4 Å². The summed E-state index contributed by atoms with van der Waals surface area (Å²) in [6, 6.07) is 7.06. The number of carbonyl (C=O) groups is 1. The van der Waals surface area contributed by atoms with E-state index in [9.17, 15) is 4.79 Å². The minimum Gasteiger partial charge on any atom is -0.458 e. The van der Waals surface area contributed by atoms with Crippen LogP contribution in [0, 0.1) is 6.92 Å². The lowest BCUT2D eigenvalue weighted by Crippen LogP contribution is -2.25. The third kappa shape index (κ3) is 3.43. The quantitative estimate of drug-likeness (QED) is 0.739. The lowest BCUT2D eigenvalue weighted by molar-refractivity contribution is -0.115. The standard InChI is InChI=1S/C15H16N6O2/c1-10-4-5-11(23-10)15-19-12(18-14(22)9-16-2)8-13(20-15)21-7-3-6-17-21/h3-8,16H,9H2,1-2H3,(H,18,19,20,22). The number of aromatic nitrogens is 4. The number of amides is 1. The van der Waals surface area contributed by atoms with Gasteiger partial charge in [-0.15, -0.1) is 0 Å². The number of hydrogen-bond donors (Lipinski definition) is 2. The molecule has 0 fully saturated rings. The van der Waals surface area contributed by atoms with Gasteiger partial charge in [0.05, 0.1) is 6.54 Å². The van der Waals surface area contributed by atoms with E-state index in [2.05, 4.69) is 25.7 Å². The Balaban J connectivity index is 2.01.